The number of rotatable bonds is 4. The van der Waals surface area contributed by atoms with Gasteiger partial charge in [-0.1, -0.05) is 6.07 Å². The summed E-state index contributed by atoms with van der Waals surface area (Å²) >= 11 is 0. The molecule has 0 saturated heterocycles. The van der Waals surface area contributed by atoms with Gasteiger partial charge >= 0.3 is 0 Å². The number of pyridine rings is 3. The van der Waals surface area contributed by atoms with Crippen molar-refractivity contribution in [2.45, 2.75) is 0 Å². The standard InChI is InChI=1S/C16H12N2O4.C16H10N2O3/c1-22-10-5-2-4-9(8-10)18-16(21)12-14(19)11-6-3-7-17-13(11)15(12)20;1-21-8-4-5-9-11(7-8)18-16(20)13-12(9)14-10(15(13)19)3-2-6-17-14/h2-8,12H,1H3,(H,18,21);2-7H,1H3,(H,18,20). The molecule has 2 aromatic carbocycles. The van der Waals surface area contributed by atoms with Gasteiger partial charge in [-0.2, -0.15) is 0 Å². The lowest BCUT2D eigenvalue weighted by atomic mass is 10.0. The van der Waals surface area contributed by atoms with E-state index in [1.54, 1.807) is 67.9 Å². The number of aromatic amines is 1. The Morgan fingerprint density at radius 2 is 1.47 bits per heavy atom. The molecule has 0 bridgehead atoms. The van der Waals surface area contributed by atoms with Gasteiger partial charge in [-0.3, -0.25) is 33.9 Å². The fourth-order valence-corrected chi connectivity index (χ4v) is 5.15. The molecule has 11 heteroatoms. The molecule has 7 rings (SSSR count). The van der Waals surface area contributed by atoms with E-state index in [1.807, 2.05) is 6.07 Å². The molecule has 5 aromatic rings. The Morgan fingerprint density at radius 3 is 2.19 bits per heavy atom. The quantitative estimate of drug-likeness (QED) is 0.298. The zero-order valence-corrected chi connectivity index (χ0v) is 22.8. The van der Waals surface area contributed by atoms with Gasteiger partial charge in [-0.05, 0) is 48.5 Å². The molecule has 0 saturated carbocycles. The fraction of sp³-hybridized carbons (Fsp3) is 0.0938. The fourth-order valence-electron chi connectivity index (χ4n) is 5.15. The lowest BCUT2D eigenvalue weighted by Gasteiger charge is -2.09. The van der Waals surface area contributed by atoms with Gasteiger partial charge in [0.15, 0.2) is 11.7 Å². The average molecular weight is 575 g/mol. The number of methoxy groups -OCH3 is 2. The Morgan fingerprint density at radius 1 is 0.767 bits per heavy atom. The van der Waals surface area contributed by atoms with Gasteiger partial charge in [-0.15, -0.1) is 0 Å². The Kier molecular flexibility index (Phi) is 6.82. The molecule has 3 aromatic heterocycles. The Bertz CT molecular complexity index is 2020. The molecule has 1 atom stereocenters. The second-order valence-electron chi connectivity index (χ2n) is 9.63. The van der Waals surface area contributed by atoms with Crippen molar-refractivity contribution in [3.8, 4) is 22.8 Å². The van der Waals surface area contributed by atoms with Gasteiger partial charge < -0.3 is 19.8 Å². The summed E-state index contributed by atoms with van der Waals surface area (Å²) in [6.45, 7) is 0. The summed E-state index contributed by atoms with van der Waals surface area (Å²) in [5.41, 5.74) is 2.75. The third-order valence-corrected chi connectivity index (χ3v) is 7.17. The highest BCUT2D eigenvalue weighted by Gasteiger charge is 2.44. The Labute approximate surface area is 243 Å². The number of hydrogen-bond acceptors (Lipinski definition) is 9. The van der Waals surface area contributed by atoms with Gasteiger partial charge in [0.25, 0.3) is 5.56 Å². The van der Waals surface area contributed by atoms with E-state index in [-0.39, 0.29) is 22.6 Å². The average Bonchev–Trinajstić information content (AvgIpc) is 3.48. The van der Waals surface area contributed by atoms with Gasteiger partial charge in [0, 0.05) is 52.3 Å². The number of ether oxygens (including phenoxy) is 2. The van der Waals surface area contributed by atoms with Crippen LogP contribution in [0.3, 0.4) is 0 Å². The van der Waals surface area contributed by atoms with Crippen molar-refractivity contribution < 1.29 is 28.7 Å². The van der Waals surface area contributed by atoms with Crippen molar-refractivity contribution in [1.29, 1.82) is 0 Å². The van der Waals surface area contributed by atoms with E-state index in [1.165, 1.54) is 19.4 Å². The van der Waals surface area contributed by atoms with Crippen molar-refractivity contribution in [3.05, 3.63) is 112 Å². The van der Waals surface area contributed by atoms with Crippen LogP contribution in [0.15, 0.2) is 83.9 Å². The minimum absolute atomic E-state index is 0.0540. The normalized spacial score (nSPS) is 14.4. The predicted octanol–water partition coefficient (Wildman–Crippen LogP) is 3.87. The topological polar surface area (TPSA) is 157 Å². The Hall–Kier alpha value is -5.97. The van der Waals surface area contributed by atoms with Crippen LogP contribution in [-0.4, -0.2) is 52.4 Å². The van der Waals surface area contributed by atoms with Gasteiger partial charge in [0.05, 0.1) is 31.0 Å². The van der Waals surface area contributed by atoms with Crippen LogP contribution < -0.4 is 20.3 Å². The van der Waals surface area contributed by atoms with Gasteiger partial charge in [-0.25, -0.2) is 0 Å². The molecule has 2 aliphatic rings. The van der Waals surface area contributed by atoms with Crippen LogP contribution in [0.5, 0.6) is 11.5 Å². The number of carbonyl (C=O) groups is 4. The number of hydrogen-bond donors (Lipinski definition) is 2. The van der Waals surface area contributed by atoms with E-state index in [0.717, 1.165) is 5.39 Å². The van der Waals surface area contributed by atoms with Crippen LogP contribution >= 0.6 is 0 Å². The summed E-state index contributed by atoms with van der Waals surface area (Å²) in [6.07, 6.45) is 3.05. The SMILES string of the molecule is COc1ccc2c3c(c(=O)[nH]c2c1)C(=O)c1cccnc1-3.COc1cccc(NC(=O)C2C(=O)c3cccnc3C2=O)c1. The number of anilines is 1. The Balaban J connectivity index is 0.000000153. The van der Waals surface area contributed by atoms with Crippen molar-refractivity contribution >= 4 is 39.8 Å². The molecule has 0 fully saturated rings. The van der Waals surface area contributed by atoms with Crippen LogP contribution in [0, 0.1) is 5.92 Å². The number of Topliss-reactive ketones (excluding diaryl/α,β-unsaturated/α-hetero) is 2. The maximum absolute atomic E-state index is 12.4. The molecule has 1 unspecified atom stereocenters. The molecule has 1 amide bonds. The maximum atomic E-state index is 12.4. The lowest BCUT2D eigenvalue weighted by Crippen LogP contribution is -2.31. The molecule has 11 nitrogen and oxygen atoms in total. The molecular formula is C32H22N4O7. The maximum Gasteiger partial charge on any atom is 0.260 e. The lowest BCUT2D eigenvalue weighted by molar-refractivity contribution is -0.117. The number of amides is 1. The largest absolute Gasteiger partial charge is 0.497 e. The molecule has 43 heavy (non-hydrogen) atoms. The minimum atomic E-state index is -1.38. The molecule has 0 radical (unpaired) electrons. The first-order valence-electron chi connectivity index (χ1n) is 13.0. The third-order valence-electron chi connectivity index (χ3n) is 7.17. The molecule has 212 valence electrons. The second-order valence-corrected chi connectivity index (χ2v) is 9.63. The van der Waals surface area contributed by atoms with Crippen LogP contribution in [-0.2, 0) is 4.79 Å². The highest BCUT2D eigenvalue weighted by molar-refractivity contribution is 6.36. The summed E-state index contributed by atoms with van der Waals surface area (Å²) in [6, 6.07) is 18.5. The van der Waals surface area contributed by atoms with E-state index >= 15 is 0 Å². The summed E-state index contributed by atoms with van der Waals surface area (Å²) in [5, 5.41) is 3.35. The summed E-state index contributed by atoms with van der Waals surface area (Å²) in [4.78, 5) is 72.3. The van der Waals surface area contributed by atoms with Gasteiger partial charge in [0.1, 0.15) is 17.2 Å². The number of nitrogens with one attached hydrogen (secondary N) is 2. The number of aromatic nitrogens is 3. The van der Waals surface area contributed by atoms with E-state index in [9.17, 15) is 24.0 Å². The van der Waals surface area contributed by atoms with Crippen molar-refractivity contribution in [2.75, 3.05) is 19.5 Å². The molecule has 2 N–H and O–H groups in total. The summed E-state index contributed by atoms with van der Waals surface area (Å²) < 4.78 is 10.2. The van der Waals surface area contributed by atoms with E-state index in [0.29, 0.717) is 39.5 Å². The van der Waals surface area contributed by atoms with E-state index in [4.69, 9.17) is 9.47 Å². The molecular weight excluding hydrogens is 552 g/mol. The molecule has 0 aliphatic heterocycles. The first kappa shape index (κ1) is 27.2. The minimum Gasteiger partial charge on any atom is -0.497 e. The molecule has 3 heterocycles. The smallest absolute Gasteiger partial charge is 0.260 e. The van der Waals surface area contributed by atoms with Crippen molar-refractivity contribution in [3.63, 3.8) is 0 Å². The van der Waals surface area contributed by atoms with Crippen LogP contribution in [0.2, 0.25) is 0 Å². The number of nitrogens with zero attached hydrogens (tertiary/aromatic N) is 2. The summed E-state index contributed by atoms with van der Waals surface area (Å²) in [7, 11) is 3.07. The molecule has 0 spiro atoms. The number of carbonyl (C=O) groups excluding carboxylic acids is 4. The van der Waals surface area contributed by atoms with Crippen molar-refractivity contribution in [2.24, 2.45) is 5.92 Å². The highest BCUT2D eigenvalue weighted by atomic mass is 16.5. The zero-order valence-electron chi connectivity index (χ0n) is 22.8. The van der Waals surface area contributed by atoms with Crippen LogP contribution in [0.4, 0.5) is 5.69 Å². The molecule has 2 aliphatic carbocycles. The zero-order chi connectivity index (χ0) is 30.2. The number of H-pyrrole nitrogens is 1. The van der Waals surface area contributed by atoms with Crippen LogP contribution in [0.25, 0.3) is 22.2 Å². The highest BCUT2D eigenvalue weighted by Crippen LogP contribution is 2.38. The monoisotopic (exact) mass is 574 g/mol. The van der Waals surface area contributed by atoms with Gasteiger partial charge in [0.2, 0.25) is 17.5 Å². The van der Waals surface area contributed by atoms with E-state index < -0.39 is 29.0 Å². The summed E-state index contributed by atoms with van der Waals surface area (Å²) in [5.74, 6) is -2.20. The van der Waals surface area contributed by atoms with E-state index in [2.05, 4.69) is 20.3 Å². The number of fused-ring (bicyclic) bond motifs is 6. The first-order chi connectivity index (χ1) is 20.8. The second kappa shape index (κ2) is 10.8. The number of benzene rings is 2. The van der Waals surface area contributed by atoms with Crippen molar-refractivity contribution in [1.82, 2.24) is 15.0 Å². The van der Waals surface area contributed by atoms with Crippen LogP contribution in [0.1, 0.15) is 36.8 Å². The third kappa shape index (κ3) is 4.62. The predicted molar refractivity (Wildman–Crippen MR) is 156 cm³/mol. The number of ketones is 3. The first-order valence-corrected chi connectivity index (χ1v) is 13.0.